The molecule has 2 bridgehead atoms. The molecule has 0 saturated carbocycles. The number of fused-ring (bicyclic) bond motifs is 4. The number of carbonyl (C=O) groups excluding carboxylic acids is 1. The lowest BCUT2D eigenvalue weighted by molar-refractivity contribution is -0.137. The van der Waals surface area contributed by atoms with Crippen LogP contribution in [0.4, 0.5) is 23.4 Å². The Kier molecular flexibility index (Phi) is 10.2. The van der Waals surface area contributed by atoms with Gasteiger partial charge in [-0.1, -0.05) is 54.9 Å². The fourth-order valence-corrected chi connectivity index (χ4v) is 7.71. The van der Waals surface area contributed by atoms with E-state index in [1.54, 1.807) is 37.4 Å². The van der Waals surface area contributed by atoms with Crippen LogP contribution in [0.25, 0.3) is 44.2 Å². The number of rotatable bonds is 13. The van der Waals surface area contributed by atoms with E-state index < -0.39 is 34.2 Å². The molecule has 2 aliphatic rings. The second kappa shape index (κ2) is 15.2. The number of anilines is 1. The average molecular weight is 808 g/mol. The van der Waals surface area contributed by atoms with Crippen molar-refractivity contribution < 1.29 is 36.6 Å². The molecule has 8 rings (SSSR count). The molecule has 57 heavy (non-hydrogen) atoms. The molecule has 0 amide bonds. The number of H-pyrrole nitrogens is 1. The highest BCUT2D eigenvalue weighted by atomic mass is 35.5. The Morgan fingerprint density at radius 1 is 1.07 bits per heavy atom. The quantitative estimate of drug-likeness (QED) is 0.0905. The summed E-state index contributed by atoms with van der Waals surface area (Å²) in [5, 5.41) is 18.1. The summed E-state index contributed by atoms with van der Waals surface area (Å²) in [6.07, 6.45) is -0.756. The number of halogens is 5. The van der Waals surface area contributed by atoms with E-state index in [0.29, 0.717) is 29.9 Å². The molecule has 2 N–H and O–H groups in total. The van der Waals surface area contributed by atoms with Crippen molar-refractivity contribution in [3.8, 4) is 34.1 Å². The summed E-state index contributed by atoms with van der Waals surface area (Å²) < 4.78 is 81.4. The van der Waals surface area contributed by atoms with Crippen LogP contribution >= 0.6 is 11.6 Å². The first-order chi connectivity index (χ1) is 27.3. The number of nitrogens with one attached hydrogen (secondary N) is 2. The summed E-state index contributed by atoms with van der Waals surface area (Å²) in [4.78, 5) is 23.0. The second-order valence-electron chi connectivity index (χ2n) is 14.7. The third-order valence-corrected chi connectivity index (χ3v) is 10.9. The topological polar surface area (TPSA) is 145 Å². The van der Waals surface area contributed by atoms with Gasteiger partial charge in [0.2, 0.25) is 0 Å². The van der Waals surface area contributed by atoms with Gasteiger partial charge in [-0.15, -0.1) is 5.10 Å². The number of nitrogens with zero attached hydrogens (tertiary/aromatic N) is 7. The number of alkyl halides is 3. The number of methoxy groups -OCH3 is 1. The summed E-state index contributed by atoms with van der Waals surface area (Å²) in [7, 11) is 1.52. The molecule has 2 fully saturated rings. The van der Waals surface area contributed by atoms with E-state index in [0.717, 1.165) is 24.8 Å². The van der Waals surface area contributed by atoms with Gasteiger partial charge in [0, 0.05) is 65.8 Å². The molecule has 6 aromatic rings. The van der Waals surface area contributed by atoms with E-state index in [1.807, 2.05) is 18.7 Å². The minimum absolute atomic E-state index is 0.000606. The number of ether oxygens (including phenoxy) is 3. The van der Waals surface area contributed by atoms with Crippen LogP contribution in [0.15, 0.2) is 48.8 Å². The van der Waals surface area contributed by atoms with Crippen molar-refractivity contribution in [1.29, 1.82) is 0 Å². The minimum atomic E-state index is -4.98. The van der Waals surface area contributed by atoms with Crippen LogP contribution < -0.4 is 19.7 Å². The van der Waals surface area contributed by atoms with Crippen molar-refractivity contribution >= 4 is 45.5 Å². The number of aromatic nitrogens is 7. The van der Waals surface area contributed by atoms with E-state index in [1.165, 1.54) is 18.0 Å². The molecule has 0 radical (unpaired) electrons. The lowest BCUT2D eigenvalue weighted by Crippen LogP contribution is -2.44. The van der Waals surface area contributed by atoms with Gasteiger partial charge >= 0.3 is 12.2 Å². The fraction of sp³-hybridized carbons (Fsp3) is 0.385. The number of piperazine rings is 1. The monoisotopic (exact) mass is 807 g/mol. The molecule has 13 nitrogen and oxygen atoms in total. The van der Waals surface area contributed by atoms with E-state index in [9.17, 15) is 4.79 Å². The number of hydrogen-bond donors (Lipinski definition) is 2. The third kappa shape index (κ3) is 7.23. The summed E-state index contributed by atoms with van der Waals surface area (Å²) in [5.41, 5.74) is 0.0386. The maximum absolute atomic E-state index is 15.5. The molecule has 3 aromatic carbocycles. The van der Waals surface area contributed by atoms with E-state index in [2.05, 4.69) is 35.8 Å². The molecule has 298 valence electrons. The zero-order chi connectivity index (χ0) is 40.2. The smallest absolute Gasteiger partial charge is 0.417 e. The number of carbonyl (C=O) groups is 1. The maximum Gasteiger partial charge on any atom is 0.417 e. The third-order valence-electron chi connectivity index (χ3n) is 10.5. The maximum atomic E-state index is 15.5. The van der Waals surface area contributed by atoms with Gasteiger partial charge in [-0.3, -0.25) is 5.10 Å². The predicted molar refractivity (Wildman–Crippen MR) is 204 cm³/mol. The first kappa shape index (κ1) is 38.5. The van der Waals surface area contributed by atoms with Crippen molar-refractivity contribution in [2.24, 2.45) is 5.92 Å². The Morgan fingerprint density at radius 2 is 1.86 bits per heavy atom. The van der Waals surface area contributed by atoms with Gasteiger partial charge in [-0.25, -0.2) is 9.07 Å². The van der Waals surface area contributed by atoms with E-state index in [4.69, 9.17) is 25.8 Å². The molecule has 3 aromatic heterocycles. The standard InChI is InChI=1S/C39H38ClF4N9O4/c1-19(2)31(16-54)53-15-30(50-51-53)22-7-5-21(6-8-22)18-56-36-33(32-26-13-46-49-29(26)11-28(41)34(32)40)27(39(42,43)44)10-25-35(36)47-38(57-17-20(3)55-4)48-37(25)52-14-23-9-24(52)12-45-23/h5-8,10-11,13,15-16,19-20,23-24,31,45H,9,12,14,17-18H2,1-4H3,(H,46,49)/t20-,23-,24-,31?/m0/s1. The Morgan fingerprint density at radius 3 is 2.53 bits per heavy atom. The molecule has 0 spiro atoms. The molecular weight excluding hydrogens is 770 g/mol. The largest absolute Gasteiger partial charge is 0.486 e. The van der Waals surface area contributed by atoms with Gasteiger partial charge in [0.25, 0.3) is 0 Å². The number of benzene rings is 3. The Balaban J connectivity index is 1.30. The van der Waals surface area contributed by atoms with Crippen molar-refractivity contribution in [3.05, 3.63) is 70.8 Å². The van der Waals surface area contributed by atoms with Crippen molar-refractivity contribution in [1.82, 2.24) is 40.5 Å². The first-order valence-corrected chi connectivity index (χ1v) is 18.7. The lowest BCUT2D eigenvalue weighted by Gasteiger charge is -2.30. The van der Waals surface area contributed by atoms with Gasteiger partial charge in [0.1, 0.15) is 48.4 Å². The fourth-order valence-electron chi connectivity index (χ4n) is 7.46. The number of aromatic amines is 1. The van der Waals surface area contributed by atoms with Crippen molar-refractivity contribution in [3.63, 3.8) is 0 Å². The zero-order valence-electron chi connectivity index (χ0n) is 31.3. The summed E-state index contributed by atoms with van der Waals surface area (Å²) in [6, 6.07) is 8.58. The van der Waals surface area contributed by atoms with Gasteiger partial charge in [-0.2, -0.15) is 28.2 Å². The molecule has 4 atom stereocenters. The highest BCUT2D eigenvalue weighted by Crippen LogP contribution is 2.52. The van der Waals surface area contributed by atoms with Gasteiger partial charge in [0.05, 0.1) is 34.6 Å². The summed E-state index contributed by atoms with van der Waals surface area (Å²) >= 11 is 6.60. The highest BCUT2D eigenvalue weighted by molar-refractivity contribution is 6.35. The summed E-state index contributed by atoms with van der Waals surface area (Å²) in [6.45, 7) is 6.56. The summed E-state index contributed by atoms with van der Waals surface area (Å²) in [5.74, 6) is -1.00. The van der Waals surface area contributed by atoms with E-state index in [-0.39, 0.29) is 82.3 Å². The Hall–Kier alpha value is -5.39. The van der Waals surface area contributed by atoms with Crippen molar-refractivity contribution in [2.75, 3.05) is 31.7 Å². The molecule has 5 heterocycles. The number of aldehydes is 1. The molecule has 2 aliphatic heterocycles. The highest BCUT2D eigenvalue weighted by Gasteiger charge is 2.42. The van der Waals surface area contributed by atoms with Gasteiger partial charge < -0.3 is 29.2 Å². The van der Waals surface area contributed by atoms with Crippen LogP contribution in [0.1, 0.15) is 44.4 Å². The van der Waals surface area contributed by atoms with Crippen LogP contribution in [-0.2, 0) is 22.3 Å². The minimum Gasteiger partial charge on any atom is -0.486 e. The Bertz CT molecular complexity index is 2460. The Labute approximate surface area is 328 Å². The second-order valence-corrected chi connectivity index (χ2v) is 15.1. The molecule has 1 unspecified atom stereocenters. The molecular formula is C39H38ClF4N9O4. The van der Waals surface area contributed by atoms with Gasteiger partial charge in [-0.05, 0) is 30.9 Å². The molecule has 0 aliphatic carbocycles. The first-order valence-electron chi connectivity index (χ1n) is 18.4. The molecule has 18 heteroatoms. The van der Waals surface area contributed by atoms with Crippen LogP contribution in [0.2, 0.25) is 5.02 Å². The lowest BCUT2D eigenvalue weighted by atomic mass is 9.93. The normalized spacial score (nSPS) is 17.9. The SMILES string of the molecule is CO[C@@H](C)COc1nc(N2C[C@@H]3C[C@H]2CN3)c2cc(C(F)(F)F)c(-c3c(Cl)c(F)cc4[nH]ncc34)c(OCc3ccc(-c4cn(C(C=O)C(C)C)nn4)cc3)c2n1. The van der Waals surface area contributed by atoms with Crippen LogP contribution in [0.3, 0.4) is 0 Å². The van der Waals surface area contributed by atoms with Crippen LogP contribution in [0, 0.1) is 11.7 Å². The zero-order valence-corrected chi connectivity index (χ0v) is 32.0. The van der Waals surface area contributed by atoms with Crippen LogP contribution in [-0.4, -0.2) is 86.4 Å². The average Bonchev–Trinajstić information content (AvgIpc) is 4.03. The van der Waals surface area contributed by atoms with Crippen LogP contribution in [0.5, 0.6) is 11.8 Å². The van der Waals surface area contributed by atoms with E-state index >= 15 is 17.6 Å². The number of hydrogen-bond acceptors (Lipinski definition) is 11. The molecule has 2 saturated heterocycles. The van der Waals surface area contributed by atoms with Gasteiger partial charge in [0.15, 0.2) is 5.75 Å². The predicted octanol–water partition coefficient (Wildman–Crippen LogP) is 7.18. The van der Waals surface area contributed by atoms with Crippen molar-refractivity contribution in [2.45, 2.75) is 64.2 Å².